The third-order valence-electron chi connectivity index (χ3n) is 3.62. The first kappa shape index (κ1) is 12.0. The van der Waals surface area contributed by atoms with Crippen molar-refractivity contribution >= 4 is 11.9 Å². The van der Waals surface area contributed by atoms with Crippen LogP contribution in [-0.4, -0.2) is 17.2 Å². The summed E-state index contributed by atoms with van der Waals surface area (Å²) >= 11 is 0. The molecular weight excluding hydrogens is 236 g/mol. The molecule has 96 valence electrons. The normalized spacial score (nSPS) is 25.1. The second-order valence-corrected chi connectivity index (χ2v) is 4.89. The molecule has 4 nitrogen and oxygen atoms in total. The first-order chi connectivity index (χ1) is 9.20. The molecule has 2 atom stereocenters. The van der Waals surface area contributed by atoms with Gasteiger partial charge in [0.15, 0.2) is 0 Å². The summed E-state index contributed by atoms with van der Waals surface area (Å²) in [6, 6.07) is 11.5. The number of pyridine rings is 1. The predicted octanol–water partition coefficient (Wildman–Crippen LogP) is 1.52. The molecule has 1 aromatic heterocycles. The molecule has 0 radical (unpaired) electrons. The van der Waals surface area contributed by atoms with Gasteiger partial charge in [-0.15, -0.1) is 0 Å². The number of para-hydroxylation sites is 1. The van der Waals surface area contributed by atoms with E-state index in [0.29, 0.717) is 6.42 Å². The molecular formula is C15H16N4. The smallest absolute Gasteiger partial charge is 0.0677 e. The van der Waals surface area contributed by atoms with Gasteiger partial charge in [-0.1, -0.05) is 18.2 Å². The molecule has 3 rings (SSSR count). The summed E-state index contributed by atoms with van der Waals surface area (Å²) < 4.78 is 0. The van der Waals surface area contributed by atoms with E-state index in [4.69, 9.17) is 11.5 Å². The molecule has 0 spiro atoms. The van der Waals surface area contributed by atoms with Gasteiger partial charge in [0.2, 0.25) is 0 Å². The topological polar surface area (TPSA) is 77.3 Å². The lowest BCUT2D eigenvalue weighted by Crippen LogP contribution is -2.56. The quantitative estimate of drug-likeness (QED) is 0.850. The maximum absolute atomic E-state index is 6.61. The number of benzene rings is 1. The minimum atomic E-state index is -0.625. The molecule has 0 bridgehead atoms. The highest BCUT2D eigenvalue weighted by molar-refractivity contribution is 5.77. The van der Waals surface area contributed by atoms with Crippen LogP contribution in [0.1, 0.15) is 11.1 Å². The first-order valence-electron chi connectivity index (χ1n) is 6.27. The monoisotopic (exact) mass is 252 g/mol. The highest BCUT2D eigenvalue weighted by atomic mass is 14.9. The Morgan fingerprint density at radius 1 is 1.11 bits per heavy atom. The zero-order valence-electron chi connectivity index (χ0n) is 10.5. The van der Waals surface area contributed by atoms with Crippen molar-refractivity contribution in [2.24, 2.45) is 16.5 Å². The van der Waals surface area contributed by atoms with Crippen molar-refractivity contribution in [1.82, 2.24) is 4.98 Å². The second kappa shape index (κ2) is 4.57. The van der Waals surface area contributed by atoms with E-state index in [2.05, 4.69) is 9.98 Å². The van der Waals surface area contributed by atoms with Crippen LogP contribution in [0.2, 0.25) is 0 Å². The van der Waals surface area contributed by atoms with E-state index in [1.165, 1.54) is 0 Å². The maximum atomic E-state index is 6.61. The minimum Gasteiger partial charge on any atom is -0.321 e. The van der Waals surface area contributed by atoms with Gasteiger partial charge in [-0.25, -0.2) is 0 Å². The van der Waals surface area contributed by atoms with Crippen LogP contribution in [0, 0.1) is 0 Å². The SMILES string of the molecule is NC1C=Nc2ccccc2C1(N)Cc1ccncc1. The lowest BCUT2D eigenvalue weighted by Gasteiger charge is -2.37. The maximum Gasteiger partial charge on any atom is 0.0677 e. The summed E-state index contributed by atoms with van der Waals surface area (Å²) in [5.41, 5.74) is 15.2. The molecule has 1 aromatic carbocycles. The average molecular weight is 252 g/mol. The molecule has 0 saturated carbocycles. The first-order valence-corrected chi connectivity index (χ1v) is 6.27. The van der Waals surface area contributed by atoms with Crippen molar-refractivity contribution in [2.75, 3.05) is 0 Å². The largest absolute Gasteiger partial charge is 0.321 e. The highest BCUT2D eigenvalue weighted by Gasteiger charge is 2.37. The van der Waals surface area contributed by atoms with E-state index in [1.807, 2.05) is 36.4 Å². The molecule has 0 fully saturated rings. The van der Waals surface area contributed by atoms with E-state index < -0.39 is 5.54 Å². The van der Waals surface area contributed by atoms with Gasteiger partial charge < -0.3 is 11.5 Å². The van der Waals surface area contributed by atoms with Crippen molar-refractivity contribution in [3.63, 3.8) is 0 Å². The van der Waals surface area contributed by atoms with Crippen molar-refractivity contribution in [1.29, 1.82) is 0 Å². The van der Waals surface area contributed by atoms with Gasteiger partial charge in [-0.3, -0.25) is 9.98 Å². The van der Waals surface area contributed by atoms with Gasteiger partial charge in [-0.2, -0.15) is 0 Å². The van der Waals surface area contributed by atoms with Crippen LogP contribution in [-0.2, 0) is 12.0 Å². The Morgan fingerprint density at radius 3 is 2.63 bits per heavy atom. The van der Waals surface area contributed by atoms with E-state index >= 15 is 0 Å². The minimum absolute atomic E-state index is 0.296. The summed E-state index contributed by atoms with van der Waals surface area (Å²) in [6.45, 7) is 0. The van der Waals surface area contributed by atoms with E-state index in [9.17, 15) is 0 Å². The van der Waals surface area contributed by atoms with E-state index in [-0.39, 0.29) is 6.04 Å². The van der Waals surface area contributed by atoms with Gasteiger partial charge in [-0.05, 0) is 35.7 Å². The molecule has 4 N–H and O–H groups in total. The number of hydrogen-bond donors (Lipinski definition) is 2. The lowest BCUT2D eigenvalue weighted by molar-refractivity contribution is 0.410. The van der Waals surface area contributed by atoms with Crippen molar-refractivity contribution in [2.45, 2.75) is 18.0 Å². The number of aromatic nitrogens is 1. The summed E-state index contributed by atoms with van der Waals surface area (Å²) in [5, 5.41) is 0. The molecule has 0 aliphatic carbocycles. The number of nitrogens with two attached hydrogens (primary N) is 2. The van der Waals surface area contributed by atoms with E-state index in [0.717, 1.165) is 16.8 Å². The van der Waals surface area contributed by atoms with Gasteiger partial charge in [0, 0.05) is 18.6 Å². The van der Waals surface area contributed by atoms with Crippen LogP contribution in [0.4, 0.5) is 5.69 Å². The fraction of sp³-hybridized carbons (Fsp3) is 0.200. The zero-order valence-corrected chi connectivity index (χ0v) is 10.5. The Kier molecular flexibility index (Phi) is 2.89. The molecule has 0 saturated heterocycles. The van der Waals surface area contributed by atoms with Crippen molar-refractivity contribution < 1.29 is 0 Å². The molecule has 1 aliphatic rings. The van der Waals surface area contributed by atoms with E-state index in [1.54, 1.807) is 18.6 Å². The van der Waals surface area contributed by atoms with Crippen molar-refractivity contribution in [3.05, 3.63) is 59.9 Å². The van der Waals surface area contributed by atoms with Crippen LogP contribution < -0.4 is 11.5 Å². The van der Waals surface area contributed by atoms with Gasteiger partial charge in [0.05, 0.1) is 17.3 Å². The molecule has 2 heterocycles. The number of aliphatic imine (C=N–C) groups is 1. The Morgan fingerprint density at radius 2 is 1.84 bits per heavy atom. The summed E-state index contributed by atoms with van der Waals surface area (Å²) in [6.07, 6.45) is 5.95. The predicted molar refractivity (Wildman–Crippen MR) is 76.4 cm³/mol. The average Bonchev–Trinajstić information content (AvgIpc) is 2.45. The molecule has 19 heavy (non-hydrogen) atoms. The third-order valence-corrected chi connectivity index (χ3v) is 3.62. The summed E-state index contributed by atoms with van der Waals surface area (Å²) in [7, 11) is 0. The second-order valence-electron chi connectivity index (χ2n) is 4.89. The number of fused-ring (bicyclic) bond motifs is 1. The summed E-state index contributed by atoms with van der Waals surface area (Å²) in [5.74, 6) is 0. The van der Waals surface area contributed by atoms with Gasteiger partial charge >= 0.3 is 0 Å². The molecule has 4 heteroatoms. The molecule has 1 aliphatic heterocycles. The fourth-order valence-electron chi connectivity index (χ4n) is 2.50. The lowest BCUT2D eigenvalue weighted by atomic mass is 9.77. The van der Waals surface area contributed by atoms with Crippen LogP contribution in [0.15, 0.2) is 53.8 Å². The van der Waals surface area contributed by atoms with Crippen molar-refractivity contribution in [3.8, 4) is 0 Å². The van der Waals surface area contributed by atoms with Gasteiger partial charge in [0.1, 0.15) is 0 Å². The van der Waals surface area contributed by atoms with Gasteiger partial charge in [0.25, 0.3) is 0 Å². The molecule has 0 amide bonds. The van der Waals surface area contributed by atoms with Crippen LogP contribution in [0.25, 0.3) is 0 Å². The van der Waals surface area contributed by atoms with Crippen LogP contribution in [0.5, 0.6) is 0 Å². The summed E-state index contributed by atoms with van der Waals surface area (Å²) in [4.78, 5) is 8.39. The Labute approximate surface area is 112 Å². The standard InChI is InChI=1S/C15H16N4/c16-14-10-19-13-4-2-1-3-12(13)15(14,17)9-11-5-7-18-8-6-11/h1-8,10,14H,9,16-17H2. The fourth-order valence-corrected chi connectivity index (χ4v) is 2.50. The third kappa shape index (κ3) is 2.05. The zero-order chi connectivity index (χ0) is 13.3. The Hall–Kier alpha value is -2.04. The molecule has 2 unspecified atom stereocenters. The Balaban J connectivity index is 2.04. The number of nitrogens with zero attached hydrogens (tertiary/aromatic N) is 2. The molecule has 2 aromatic rings. The number of hydrogen-bond acceptors (Lipinski definition) is 4. The highest BCUT2D eigenvalue weighted by Crippen LogP contribution is 2.35. The Bertz CT molecular complexity index is 609. The van der Waals surface area contributed by atoms with Crippen LogP contribution in [0.3, 0.4) is 0 Å². The van der Waals surface area contributed by atoms with Crippen LogP contribution >= 0.6 is 0 Å². The number of rotatable bonds is 2.